The molecule has 0 fully saturated rings. The molecular formula is C16H19BrN4O. The van der Waals surface area contributed by atoms with Crippen molar-refractivity contribution in [3.8, 4) is 0 Å². The van der Waals surface area contributed by atoms with Gasteiger partial charge in [0.05, 0.1) is 18.1 Å². The fourth-order valence-corrected chi connectivity index (χ4v) is 2.26. The van der Waals surface area contributed by atoms with Crippen LogP contribution in [0.2, 0.25) is 0 Å². The van der Waals surface area contributed by atoms with Crippen molar-refractivity contribution in [2.45, 2.75) is 26.2 Å². The zero-order chi connectivity index (χ0) is 15.8. The molecule has 5 nitrogen and oxygen atoms in total. The fourth-order valence-electron chi connectivity index (χ4n) is 1.88. The minimum absolute atomic E-state index is 0.281. The maximum atomic E-state index is 12.1. The summed E-state index contributed by atoms with van der Waals surface area (Å²) in [5.41, 5.74) is 0.992. The highest BCUT2D eigenvalue weighted by molar-refractivity contribution is 9.10. The van der Waals surface area contributed by atoms with Crippen LogP contribution in [-0.4, -0.2) is 22.4 Å². The van der Waals surface area contributed by atoms with Gasteiger partial charge >= 0.3 is 0 Å². The highest BCUT2D eigenvalue weighted by atomic mass is 79.9. The van der Waals surface area contributed by atoms with Crippen molar-refractivity contribution in [3.05, 3.63) is 46.8 Å². The van der Waals surface area contributed by atoms with E-state index in [-0.39, 0.29) is 11.6 Å². The third-order valence-electron chi connectivity index (χ3n) is 3.09. The largest absolute Gasteiger partial charge is 0.369 e. The number of carbonyl (C=O) groups is 1. The molecule has 1 heterocycles. The molecule has 0 bridgehead atoms. The Bertz CT molecular complexity index is 616. The normalized spacial score (nSPS) is 10.3. The molecular weight excluding hydrogens is 344 g/mol. The Morgan fingerprint density at radius 2 is 2.00 bits per heavy atom. The second kappa shape index (κ2) is 8.48. The van der Waals surface area contributed by atoms with Crippen molar-refractivity contribution in [3.63, 3.8) is 0 Å². The van der Waals surface area contributed by atoms with E-state index in [4.69, 9.17) is 0 Å². The van der Waals surface area contributed by atoms with E-state index >= 15 is 0 Å². The monoisotopic (exact) mass is 362 g/mol. The Hall–Kier alpha value is -1.95. The molecule has 0 saturated carbocycles. The second-order valence-corrected chi connectivity index (χ2v) is 5.71. The standard InChI is InChI=1S/C16H19BrN4O/c1-2-3-6-9-18-15-11-19-14(10-20-15)16(22)21-13-8-5-4-7-12(13)17/h4-5,7-8,10-11H,2-3,6,9H2,1H3,(H,18,20)(H,21,22). The van der Waals surface area contributed by atoms with E-state index in [1.165, 1.54) is 19.0 Å². The maximum absolute atomic E-state index is 12.1. The van der Waals surface area contributed by atoms with E-state index in [0.717, 1.165) is 17.4 Å². The minimum Gasteiger partial charge on any atom is -0.369 e. The predicted octanol–water partition coefficient (Wildman–Crippen LogP) is 4.09. The Balaban J connectivity index is 1.92. The molecule has 2 rings (SSSR count). The van der Waals surface area contributed by atoms with Crippen LogP contribution < -0.4 is 10.6 Å². The maximum Gasteiger partial charge on any atom is 0.275 e. The minimum atomic E-state index is -0.281. The summed E-state index contributed by atoms with van der Waals surface area (Å²) in [5.74, 6) is 0.408. The van der Waals surface area contributed by atoms with Gasteiger partial charge in [0.25, 0.3) is 5.91 Å². The van der Waals surface area contributed by atoms with Gasteiger partial charge in [-0.25, -0.2) is 9.97 Å². The number of unbranched alkanes of at least 4 members (excludes halogenated alkanes) is 2. The van der Waals surface area contributed by atoms with Gasteiger partial charge in [0, 0.05) is 11.0 Å². The first-order valence-corrected chi connectivity index (χ1v) is 8.12. The van der Waals surface area contributed by atoms with E-state index in [1.807, 2.05) is 24.3 Å². The highest BCUT2D eigenvalue weighted by Crippen LogP contribution is 2.21. The zero-order valence-electron chi connectivity index (χ0n) is 12.5. The van der Waals surface area contributed by atoms with Gasteiger partial charge in [-0.05, 0) is 34.5 Å². The van der Waals surface area contributed by atoms with Crippen molar-refractivity contribution in [1.29, 1.82) is 0 Å². The second-order valence-electron chi connectivity index (χ2n) is 4.85. The van der Waals surface area contributed by atoms with Crippen LogP contribution in [0, 0.1) is 0 Å². The summed E-state index contributed by atoms with van der Waals surface area (Å²) in [7, 11) is 0. The van der Waals surface area contributed by atoms with Gasteiger partial charge in [-0.2, -0.15) is 0 Å². The van der Waals surface area contributed by atoms with Crippen LogP contribution in [0.4, 0.5) is 11.5 Å². The third kappa shape index (κ3) is 4.80. The Labute approximate surface area is 138 Å². The number of benzene rings is 1. The van der Waals surface area contributed by atoms with Crippen LogP contribution in [0.5, 0.6) is 0 Å². The summed E-state index contributed by atoms with van der Waals surface area (Å²) in [6, 6.07) is 7.43. The summed E-state index contributed by atoms with van der Waals surface area (Å²) >= 11 is 3.39. The highest BCUT2D eigenvalue weighted by Gasteiger charge is 2.09. The number of nitrogens with zero attached hydrogens (tertiary/aromatic N) is 2. The van der Waals surface area contributed by atoms with Gasteiger partial charge in [-0.1, -0.05) is 31.9 Å². The number of para-hydroxylation sites is 1. The molecule has 0 aliphatic heterocycles. The summed E-state index contributed by atoms with van der Waals surface area (Å²) in [4.78, 5) is 20.5. The first-order chi connectivity index (χ1) is 10.7. The smallest absolute Gasteiger partial charge is 0.275 e. The van der Waals surface area contributed by atoms with Crippen molar-refractivity contribution < 1.29 is 4.79 Å². The molecule has 0 aliphatic carbocycles. The lowest BCUT2D eigenvalue weighted by molar-refractivity contribution is 0.102. The Kier molecular flexibility index (Phi) is 6.33. The van der Waals surface area contributed by atoms with Crippen LogP contribution in [0.15, 0.2) is 41.1 Å². The lowest BCUT2D eigenvalue weighted by Crippen LogP contribution is -2.15. The first kappa shape index (κ1) is 16.4. The molecule has 0 spiro atoms. The van der Waals surface area contributed by atoms with E-state index in [0.29, 0.717) is 11.5 Å². The predicted molar refractivity (Wildman–Crippen MR) is 92.1 cm³/mol. The summed E-state index contributed by atoms with van der Waals surface area (Å²) < 4.78 is 0.825. The number of aromatic nitrogens is 2. The summed E-state index contributed by atoms with van der Waals surface area (Å²) in [6.45, 7) is 3.03. The van der Waals surface area contributed by atoms with Crippen LogP contribution in [0.3, 0.4) is 0 Å². The summed E-state index contributed by atoms with van der Waals surface area (Å²) in [6.07, 6.45) is 6.53. The number of amides is 1. The van der Waals surface area contributed by atoms with Gasteiger partial charge in [0.2, 0.25) is 0 Å². The lowest BCUT2D eigenvalue weighted by atomic mass is 10.2. The molecule has 116 valence electrons. The molecule has 1 amide bonds. The van der Waals surface area contributed by atoms with E-state index in [2.05, 4.69) is 43.5 Å². The number of halogens is 1. The number of hydrogen-bond donors (Lipinski definition) is 2. The molecule has 1 aromatic heterocycles. The van der Waals surface area contributed by atoms with Gasteiger partial charge < -0.3 is 10.6 Å². The molecule has 6 heteroatoms. The Morgan fingerprint density at radius 3 is 2.68 bits per heavy atom. The Morgan fingerprint density at radius 1 is 1.18 bits per heavy atom. The topological polar surface area (TPSA) is 66.9 Å². The van der Waals surface area contributed by atoms with Gasteiger partial charge in [-0.3, -0.25) is 4.79 Å². The molecule has 0 saturated heterocycles. The van der Waals surface area contributed by atoms with Crippen LogP contribution in [0.1, 0.15) is 36.7 Å². The molecule has 0 radical (unpaired) electrons. The van der Waals surface area contributed by atoms with Crippen LogP contribution in [0.25, 0.3) is 0 Å². The molecule has 2 aromatic rings. The number of anilines is 2. The van der Waals surface area contributed by atoms with Crippen molar-refractivity contribution in [2.75, 3.05) is 17.2 Å². The van der Waals surface area contributed by atoms with E-state index in [1.54, 1.807) is 6.20 Å². The third-order valence-corrected chi connectivity index (χ3v) is 3.78. The van der Waals surface area contributed by atoms with Crippen molar-refractivity contribution >= 4 is 33.3 Å². The van der Waals surface area contributed by atoms with Gasteiger partial charge in [0.1, 0.15) is 11.5 Å². The molecule has 0 atom stereocenters. The fraction of sp³-hybridized carbons (Fsp3) is 0.312. The number of hydrogen-bond acceptors (Lipinski definition) is 4. The summed E-state index contributed by atoms with van der Waals surface area (Å²) in [5, 5.41) is 5.99. The number of rotatable bonds is 7. The first-order valence-electron chi connectivity index (χ1n) is 7.32. The van der Waals surface area contributed by atoms with Gasteiger partial charge in [0.15, 0.2) is 0 Å². The molecule has 2 N–H and O–H groups in total. The molecule has 22 heavy (non-hydrogen) atoms. The van der Waals surface area contributed by atoms with Crippen LogP contribution in [-0.2, 0) is 0 Å². The van der Waals surface area contributed by atoms with E-state index < -0.39 is 0 Å². The quantitative estimate of drug-likeness (QED) is 0.727. The number of carbonyl (C=O) groups excluding carboxylic acids is 1. The van der Waals surface area contributed by atoms with E-state index in [9.17, 15) is 4.79 Å². The average molecular weight is 363 g/mol. The lowest BCUT2D eigenvalue weighted by Gasteiger charge is -2.07. The average Bonchev–Trinajstić information content (AvgIpc) is 2.54. The van der Waals surface area contributed by atoms with Gasteiger partial charge in [-0.15, -0.1) is 0 Å². The molecule has 1 aromatic carbocycles. The molecule has 0 aliphatic rings. The SMILES string of the molecule is CCCCCNc1cnc(C(=O)Nc2ccccc2Br)cn1. The molecule has 0 unspecified atom stereocenters. The van der Waals surface area contributed by atoms with Crippen molar-refractivity contribution in [2.24, 2.45) is 0 Å². The zero-order valence-corrected chi connectivity index (χ0v) is 14.1. The number of nitrogens with one attached hydrogen (secondary N) is 2. The van der Waals surface area contributed by atoms with Crippen molar-refractivity contribution in [1.82, 2.24) is 9.97 Å². The van der Waals surface area contributed by atoms with Crippen LogP contribution >= 0.6 is 15.9 Å².